The van der Waals surface area contributed by atoms with Crippen LogP contribution in [0.25, 0.3) is 0 Å². The number of esters is 1. The van der Waals surface area contributed by atoms with Crippen LogP contribution in [0.1, 0.15) is 60.5 Å². The van der Waals surface area contributed by atoms with Gasteiger partial charge in [-0.25, -0.2) is 4.79 Å². The summed E-state index contributed by atoms with van der Waals surface area (Å²) in [7, 11) is 5.61. The number of nitrogens with zero attached hydrogens (tertiary/aromatic N) is 1. The molecule has 48 heavy (non-hydrogen) atoms. The van der Waals surface area contributed by atoms with Crippen LogP contribution in [0.3, 0.4) is 0 Å². The van der Waals surface area contributed by atoms with Crippen LogP contribution in [0.2, 0.25) is 0 Å². The Morgan fingerprint density at radius 3 is 2.25 bits per heavy atom. The number of benzene rings is 3. The Labute approximate surface area is 280 Å². The molecule has 254 valence electrons. The highest BCUT2D eigenvalue weighted by Gasteiger charge is 2.61. The lowest BCUT2D eigenvalue weighted by atomic mass is 9.68. The summed E-state index contributed by atoms with van der Waals surface area (Å²) in [5.41, 5.74) is -1.28. The lowest BCUT2D eigenvalue weighted by molar-refractivity contribution is -0.165. The third-order valence-electron chi connectivity index (χ3n) is 9.40. The third kappa shape index (κ3) is 6.05. The molecule has 2 aliphatic rings. The molecule has 11 heteroatoms. The SMILES string of the molecule is CC[C@H](C)C(=O)N[C@H]1CCCN1C(=O)[C@H]1C(=O)c2c(OC)cc(OC)cc2O[C@@](C(=O)OC)(c2ccc(OC)cc2)[C@@H]1c1ccccc1. The normalized spacial score (nSPS) is 22.4. The first-order chi connectivity index (χ1) is 23.1. The van der Waals surface area contributed by atoms with Gasteiger partial charge in [-0.3, -0.25) is 14.4 Å². The first-order valence-corrected chi connectivity index (χ1v) is 16.0. The number of rotatable bonds is 10. The van der Waals surface area contributed by atoms with Crippen LogP contribution in [0, 0.1) is 11.8 Å². The van der Waals surface area contributed by atoms with Gasteiger partial charge in [-0.2, -0.15) is 0 Å². The zero-order valence-corrected chi connectivity index (χ0v) is 28.1. The Morgan fingerprint density at radius 2 is 1.65 bits per heavy atom. The lowest BCUT2D eigenvalue weighted by Gasteiger charge is -2.41. The zero-order valence-electron chi connectivity index (χ0n) is 28.1. The van der Waals surface area contributed by atoms with E-state index < -0.39 is 41.3 Å². The number of likely N-dealkylation sites (tertiary alicyclic amines) is 1. The fourth-order valence-corrected chi connectivity index (χ4v) is 6.66. The van der Waals surface area contributed by atoms with Crippen LogP contribution in [0.4, 0.5) is 0 Å². The van der Waals surface area contributed by atoms with Gasteiger partial charge in [0, 0.05) is 30.2 Å². The topological polar surface area (TPSA) is 130 Å². The van der Waals surface area contributed by atoms with E-state index in [0.717, 1.165) is 0 Å². The maximum absolute atomic E-state index is 15.1. The number of amides is 2. The van der Waals surface area contributed by atoms with Gasteiger partial charge >= 0.3 is 5.97 Å². The number of nitrogens with one attached hydrogen (secondary N) is 1. The van der Waals surface area contributed by atoms with E-state index in [1.807, 2.05) is 13.8 Å². The molecular weight excluding hydrogens is 616 g/mol. The molecule has 0 unspecified atom stereocenters. The summed E-state index contributed by atoms with van der Waals surface area (Å²) in [4.78, 5) is 59.2. The average Bonchev–Trinajstić information content (AvgIpc) is 3.55. The highest BCUT2D eigenvalue weighted by Crippen LogP contribution is 2.53. The second-order valence-corrected chi connectivity index (χ2v) is 12.0. The first-order valence-electron chi connectivity index (χ1n) is 16.0. The largest absolute Gasteiger partial charge is 0.497 e. The summed E-state index contributed by atoms with van der Waals surface area (Å²) in [6, 6.07) is 18.5. The molecule has 0 saturated carbocycles. The van der Waals surface area contributed by atoms with Crippen LogP contribution in [0.15, 0.2) is 66.7 Å². The number of Topliss-reactive ketones (excluding diaryl/α,β-unsaturated/α-hetero) is 1. The monoisotopic (exact) mass is 658 g/mol. The van der Waals surface area contributed by atoms with E-state index in [2.05, 4.69) is 5.32 Å². The Hall–Kier alpha value is -5.06. The van der Waals surface area contributed by atoms with Gasteiger partial charge in [0.2, 0.25) is 17.4 Å². The second kappa shape index (κ2) is 14.4. The number of carbonyl (C=O) groups is 4. The lowest BCUT2D eigenvalue weighted by Crippen LogP contribution is -2.56. The van der Waals surface area contributed by atoms with Crippen molar-refractivity contribution >= 4 is 23.6 Å². The number of hydrogen-bond acceptors (Lipinski definition) is 9. The number of methoxy groups -OCH3 is 4. The van der Waals surface area contributed by atoms with Gasteiger partial charge in [0.05, 0.1) is 34.4 Å². The van der Waals surface area contributed by atoms with E-state index in [-0.39, 0.29) is 28.9 Å². The molecule has 2 aliphatic heterocycles. The van der Waals surface area contributed by atoms with E-state index >= 15 is 9.59 Å². The Kier molecular flexibility index (Phi) is 10.3. The zero-order chi connectivity index (χ0) is 34.6. The number of carbonyl (C=O) groups excluding carboxylic acids is 4. The molecule has 1 saturated heterocycles. The Morgan fingerprint density at radius 1 is 0.958 bits per heavy atom. The Bertz CT molecular complexity index is 1660. The average molecular weight is 659 g/mol. The molecule has 1 N–H and O–H groups in total. The number of hydrogen-bond donors (Lipinski definition) is 1. The van der Waals surface area contributed by atoms with E-state index in [1.54, 1.807) is 54.6 Å². The molecule has 2 amide bonds. The molecule has 0 aliphatic carbocycles. The molecule has 0 spiro atoms. The van der Waals surface area contributed by atoms with Crippen molar-refractivity contribution in [2.24, 2.45) is 11.8 Å². The molecule has 2 heterocycles. The van der Waals surface area contributed by atoms with Gasteiger partial charge in [-0.15, -0.1) is 0 Å². The van der Waals surface area contributed by atoms with E-state index in [0.29, 0.717) is 48.4 Å². The quantitative estimate of drug-likeness (QED) is 0.240. The highest BCUT2D eigenvalue weighted by atomic mass is 16.6. The van der Waals surface area contributed by atoms with E-state index in [1.165, 1.54) is 45.5 Å². The summed E-state index contributed by atoms with van der Waals surface area (Å²) in [5.74, 6) is -4.28. The van der Waals surface area contributed by atoms with Crippen molar-refractivity contribution in [3.8, 4) is 23.0 Å². The fraction of sp³-hybridized carbons (Fsp3) is 0.405. The molecule has 0 bridgehead atoms. The molecule has 0 radical (unpaired) electrons. The molecular formula is C37H42N2O9. The summed E-state index contributed by atoms with van der Waals surface area (Å²) in [6.07, 6.45) is 1.12. The molecule has 5 rings (SSSR count). The standard InChI is InChI=1S/C37H42N2O9/c1-7-22(2)34(41)38-29-14-11-19-39(29)35(42)31-32(23-12-9-8-10-13-23)37(36(43)47-6,24-15-17-25(44-3)18-16-24)48-28-21-26(45-4)20-27(46-5)30(28)33(31)40/h8-10,12-13,15-18,20-22,29,31-32H,7,11,14,19H2,1-6H3,(H,38,41)/t22-,29+,31+,32+,37-/m0/s1. The minimum absolute atomic E-state index is 0.0169. The van der Waals surface area contributed by atoms with Gasteiger partial charge in [0.1, 0.15) is 40.6 Å². The molecule has 0 aromatic heterocycles. The molecule has 11 nitrogen and oxygen atoms in total. The first kappa shape index (κ1) is 34.3. The van der Waals surface area contributed by atoms with Gasteiger partial charge in [-0.05, 0) is 37.0 Å². The van der Waals surface area contributed by atoms with Crippen molar-refractivity contribution < 1.29 is 42.9 Å². The van der Waals surface area contributed by atoms with Crippen molar-refractivity contribution in [2.75, 3.05) is 35.0 Å². The minimum atomic E-state index is -2.07. The van der Waals surface area contributed by atoms with Crippen LogP contribution < -0.4 is 24.3 Å². The molecule has 1 fully saturated rings. The van der Waals surface area contributed by atoms with Gasteiger partial charge in [0.25, 0.3) is 0 Å². The van der Waals surface area contributed by atoms with E-state index in [4.69, 9.17) is 23.7 Å². The summed E-state index contributed by atoms with van der Waals surface area (Å²) >= 11 is 0. The van der Waals surface area contributed by atoms with Crippen LogP contribution in [-0.2, 0) is 24.7 Å². The molecule has 3 aromatic rings. The minimum Gasteiger partial charge on any atom is -0.497 e. The van der Waals surface area contributed by atoms with Crippen molar-refractivity contribution in [3.05, 3.63) is 83.4 Å². The predicted molar refractivity (Wildman–Crippen MR) is 176 cm³/mol. The smallest absolute Gasteiger partial charge is 0.355 e. The van der Waals surface area contributed by atoms with Crippen LogP contribution in [0.5, 0.6) is 23.0 Å². The van der Waals surface area contributed by atoms with Crippen molar-refractivity contribution in [2.45, 2.75) is 50.8 Å². The van der Waals surface area contributed by atoms with Crippen molar-refractivity contribution in [1.29, 1.82) is 0 Å². The maximum atomic E-state index is 15.1. The Balaban J connectivity index is 1.82. The van der Waals surface area contributed by atoms with Crippen molar-refractivity contribution in [1.82, 2.24) is 10.2 Å². The summed E-state index contributed by atoms with van der Waals surface area (Å²) < 4.78 is 28.9. The van der Waals surface area contributed by atoms with Crippen LogP contribution >= 0.6 is 0 Å². The molecule has 3 aromatic carbocycles. The van der Waals surface area contributed by atoms with Gasteiger partial charge in [-0.1, -0.05) is 56.3 Å². The second-order valence-electron chi connectivity index (χ2n) is 12.0. The number of ether oxygens (including phenoxy) is 5. The number of ketones is 1. The number of fused-ring (bicyclic) bond motifs is 1. The fourth-order valence-electron chi connectivity index (χ4n) is 6.66. The van der Waals surface area contributed by atoms with Crippen LogP contribution in [-0.4, -0.2) is 69.6 Å². The van der Waals surface area contributed by atoms with Gasteiger partial charge < -0.3 is 33.9 Å². The maximum Gasteiger partial charge on any atom is 0.355 e. The third-order valence-corrected chi connectivity index (χ3v) is 9.40. The predicted octanol–water partition coefficient (Wildman–Crippen LogP) is 4.87. The highest BCUT2D eigenvalue weighted by molar-refractivity contribution is 6.15. The summed E-state index contributed by atoms with van der Waals surface area (Å²) in [6.45, 7) is 4.05. The summed E-state index contributed by atoms with van der Waals surface area (Å²) in [5, 5.41) is 3.02. The molecule has 5 atom stereocenters. The van der Waals surface area contributed by atoms with E-state index in [9.17, 15) is 9.59 Å². The van der Waals surface area contributed by atoms with Gasteiger partial charge in [0.15, 0.2) is 5.78 Å². The van der Waals surface area contributed by atoms with Crippen molar-refractivity contribution in [3.63, 3.8) is 0 Å².